The summed E-state index contributed by atoms with van der Waals surface area (Å²) in [5, 5.41) is 0. The fraction of sp³-hybridized carbons (Fsp3) is 0. The predicted molar refractivity (Wildman–Crippen MR) is 49.7 cm³/mol. The summed E-state index contributed by atoms with van der Waals surface area (Å²) in [6, 6.07) is 5.51. The van der Waals surface area contributed by atoms with Gasteiger partial charge in [-0.1, -0.05) is 0 Å². The van der Waals surface area contributed by atoms with Crippen molar-refractivity contribution >= 4 is 5.82 Å². The van der Waals surface area contributed by atoms with Crippen LogP contribution in [-0.4, -0.2) is 15.0 Å². The maximum Gasteiger partial charge on any atom is 0.132 e. The predicted octanol–water partition coefficient (Wildman–Crippen LogP) is 1.12. The Bertz CT molecular complexity index is 399. The van der Waals surface area contributed by atoms with E-state index in [1.54, 1.807) is 18.5 Å². The average molecular weight is 172 g/mol. The van der Waals surface area contributed by atoms with Crippen molar-refractivity contribution in [3.8, 4) is 11.3 Å². The molecule has 2 aromatic rings. The molecule has 0 aliphatic carbocycles. The lowest BCUT2D eigenvalue weighted by Gasteiger charge is -2.01. The van der Waals surface area contributed by atoms with E-state index in [1.807, 2.05) is 12.1 Å². The van der Waals surface area contributed by atoms with Gasteiger partial charge in [-0.25, -0.2) is 15.0 Å². The molecule has 0 saturated heterocycles. The van der Waals surface area contributed by atoms with Crippen molar-refractivity contribution in [3.05, 3.63) is 36.9 Å². The molecule has 2 rings (SSSR count). The van der Waals surface area contributed by atoms with Gasteiger partial charge in [0.05, 0.1) is 5.69 Å². The largest absolute Gasteiger partial charge is 0.383 e. The van der Waals surface area contributed by atoms with Crippen LogP contribution in [0.3, 0.4) is 0 Å². The van der Waals surface area contributed by atoms with E-state index in [2.05, 4.69) is 15.0 Å². The number of nitrogens with zero attached hydrogens (tertiary/aromatic N) is 3. The van der Waals surface area contributed by atoms with Gasteiger partial charge in [0.2, 0.25) is 0 Å². The number of hydrogen-bond acceptors (Lipinski definition) is 4. The Labute approximate surface area is 75.5 Å². The first-order valence-electron chi connectivity index (χ1n) is 3.85. The van der Waals surface area contributed by atoms with Crippen LogP contribution in [0.5, 0.6) is 0 Å². The van der Waals surface area contributed by atoms with Crippen LogP contribution in [-0.2, 0) is 0 Å². The van der Waals surface area contributed by atoms with E-state index in [0.29, 0.717) is 5.82 Å². The Balaban J connectivity index is 2.54. The van der Waals surface area contributed by atoms with Crippen LogP contribution in [0.25, 0.3) is 11.3 Å². The molecule has 0 spiro atoms. The summed E-state index contributed by atoms with van der Waals surface area (Å²) in [6.45, 7) is 0. The molecule has 2 aromatic heterocycles. The number of aromatic nitrogens is 3. The summed E-state index contributed by atoms with van der Waals surface area (Å²) < 4.78 is 0. The van der Waals surface area contributed by atoms with Crippen molar-refractivity contribution in [1.82, 2.24) is 15.0 Å². The maximum absolute atomic E-state index is 5.68. The van der Waals surface area contributed by atoms with Gasteiger partial charge in [0.25, 0.3) is 0 Å². The monoisotopic (exact) mass is 172 g/mol. The van der Waals surface area contributed by atoms with Gasteiger partial charge in [-0.2, -0.15) is 0 Å². The molecule has 0 aliphatic rings. The molecule has 0 bridgehead atoms. The highest BCUT2D eigenvalue weighted by molar-refractivity contribution is 5.69. The van der Waals surface area contributed by atoms with Gasteiger partial charge in [-0.05, 0) is 18.2 Å². The highest BCUT2D eigenvalue weighted by Crippen LogP contribution is 2.19. The molecule has 4 heteroatoms. The van der Waals surface area contributed by atoms with Crippen molar-refractivity contribution in [1.29, 1.82) is 0 Å². The van der Waals surface area contributed by atoms with Crippen molar-refractivity contribution < 1.29 is 0 Å². The average Bonchev–Trinajstić information content (AvgIpc) is 2.20. The van der Waals surface area contributed by atoms with Crippen LogP contribution < -0.4 is 5.73 Å². The molecule has 13 heavy (non-hydrogen) atoms. The lowest BCUT2D eigenvalue weighted by molar-refractivity contribution is 1.17. The second kappa shape index (κ2) is 3.18. The molecule has 0 radical (unpaired) electrons. The summed E-state index contributed by atoms with van der Waals surface area (Å²) in [4.78, 5) is 11.9. The van der Waals surface area contributed by atoms with Crippen LogP contribution >= 0.6 is 0 Å². The van der Waals surface area contributed by atoms with Crippen LogP contribution in [0.15, 0.2) is 36.9 Å². The van der Waals surface area contributed by atoms with E-state index in [1.165, 1.54) is 6.33 Å². The summed E-state index contributed by atoms with van der Waals surface area (Å²) in [6.07, 6.45) is 4.82. The smallest absolute Gasteiger partial charge is 0.132 e. The molecule has 0 atom stereocenters. The minimum absolute atomic E-state index is 0.487. The highest BCUT2D eigenvalue weighted by Gasteiger charge is 2.01. The molecule has 0 aromatic carbocycles. The first-order valence-corrected chi connectivity index (χ1v) is 3.85. The minimum atomic E-state index is 0.487. The molecule has 64 valence electrons. The highest BCUT2D eigenvalue weighted by atomic mass is 14.9. The summed E-state index contributed by atoms with van der Waals surface area (Å²) in [7, 11) is 0. The van der Waals surface area contributed by atoms with Crippen LogP contribution in [0.1, 0.15) is 0 Å². The standard InChI is InChI=1S/C9H8N4/c10-9-7(2-1-4-12-9)8-3-5-11-6-13-8/h1-6H,(H2,10,12). The zero-order chi connectivity index (χ0) is 9.10. The Hall–Kier alpha value is -1.97. The van der Waals surface area contributed by atoms with Gasteiger partial charge in [0, 0.05) is 18.0 Å². The number of hydrogen-bond donors (Lipinski definition) is 1. The van der Waals surface area contributed by atoms with Crippen LogP contribution in [0.4, 0.5) is 5.82 Å². The summed E-state index contributed by atoms with van der Waals surface area (Å²) in [5.41, 5.74) is 7.31. The Morgan fingerprint density at radius 2 is 2.00 bits per heavy atom. The lowest BCUT2D eigenvalue weighted by atomic mass is 10.2. The minimum Gasteiger partial charge on any atom is -0.383 e. The van der Waals surface area contributed by atoms with Crippen molar-refractivity contribution in [2.24, 2.45) is 0 Å². The van der Waals surface area contributed by atoms with Crippen LogP contribution in [0, 0.1) is 0 Å². The van der Waals surface area contributed by atoms with E-state index < -0.39 is 0 Å². The van der Waals surface area contributed by atoms with Crippen molar-refractivity contribution in [3.63, 3.8) is 0 Å². The number of nitrogen functional groups attached to an aromatic ring is 1. The van der Waals surface area contributed by atoms with E-state index >= 15 is 0 Å². The zero-order valence-electron chi connectivity index (χ0n) is 6.88. The van der Waals surface area contributed by atoms with E-state index in [4.69, 9.17) is 5.73 Å². The maximum atomic E-state index is 5.68. The molecule has 0 unspecified atom stereocenters. The quantitative estimate of drug-likeness (QED) is 0.700. The SMILES string of the molecule is Nc1ncccc1-c1ccncn1. The number of anilines is 1. The van der Waals surface area contributed by atoms with E-state index in [-0.39, 0.29) is 0 Å². The molecular weight excluding hydrogens is 164 g/mol. The Kier molecular flexibility index (Phi) is 1.88. The number of pyridine rings is 1. The van der Waals surface area contributed by atoms with Gasteiger partial charge in [0.15, 0.2) is 0 Å². The van der Waals surface area contributed by atoms with Gasteiger partial charge < -0.3 is 5.73 Å². The topological polar surface area (TPSA) is 64.7 Å². The lowest BCUT2D eigenvalue weighted by Crippen LogP contribution is -1.94. The third kappa shape index (κ3) is 1.46. The fourth-order valence-corrected chi connectivity index (χ4v) is 1.08. The van der Waals surface area contributed by atoms with Gasteiger partial charge in [-0.15, -0.1) is 0 Å². The first kappa shape index (κ1) is 7.67. The molecule has 2 N–H and O–H groups in total. The third-order valence-corrected chi connectivity index (χ3v) is 1.70. The van der Waals surface area contributed by atoms with E-state index in [0.717, 1.165) is 11.3 Å². The van der Waals surface area contributed by atoms with E-state index in [9.17, 15) is 0 Å². The molecule has 2 heterocycles. The molecule has 0 fully saturated rings. The second-order valence-corrected chi connectivity index (χ2v) is 2.53. The van der Waals surface area contributed by atoms with Gasteiger partial charge in [0.1, 0.15) is 12.1 Å². The van der Waals surface area contributed by atoms with Gasteiger partial charge >= 0.3 is 0 Å². The zero-order valence-corrected chi connectivity index (χ0v) is 6.88. The van der Waals surface area contributed by atoms with Crippen molar-refractivity contribution in [2.45, 2.75) is 0 Å². The molecular formula is C9H8N4. The summed E-state index contributed by atoms with van der Waals surface area (Å²) in [5.74, 6) is 0.487. The third-order valence-electron chi connectivity index (χ3n) is 1.70. The van der Waals surface area contributed by atoms with Crippen molar-refractivity contribution in [2.75, 3.05) is 5.73 Å². The molecule has 4 nitrogen and oxygen atoms in total. The molecule has 0 aliphatic heterocycles. The molecule has 0 amide bonds. The second-order valence-electron chi connectivity index (χ2n) is 2.53. The van der Waals surface area contributed by atoms with Gasteiger partial charge in [-0.3, -0.25) is 0 Å². The summed E-state index contributed by atoms with van der Waals surface area (Å²) >= 11 is 0. The fourth-order valence-electron chi connectivity index (χ4n) is 1.08. The van der Waals surface area contributed by atoms with Crippen LogP contribution in [0.2, 0.25) is 0 Å². The Morgan fingerprint density at radius 1 is 1.08 bits per heavy atom. The molecule has 0 saturated carbocycles. The normalized spacial score (nSPS) is 9.85. The number of rotatable bonds is 1. The first-order chi connectivity index (χ1) is 6.38. The Morgan fingerprint density at radius 3 is 2.69 bits per heavy atom. The number of nitrogens with two attached hydrogens (primary N) is 1.